The molecule has 3 atom stereocenters. The molecule has 2 fully saturated rings. The molecule has 12 nitrogen and oxygen atoms in total. The smallest absolute Gasteiger partial charge is 0.790 e. The molecular formula is C20H20N3Na2O9P. The second kappa shape index (κ2) is 11.9. The van der Waals surface area contributed by atoms with E-state index >= 15 is 0 Å². The molecule has 1 aromatic heterocycles. The number of carbonyl (C=O) groups excluding carboxylic acids is 2. The number of hydrogen-bond donors (Lipinski definition) is 1. The zero-order chi connectivity index (χ0) is 23.9. The Morgan fingerprint density at radius 2 is 1.83 bits per heavy atom. The number of amides is 2. The summed E-state index contributed by atoms with van der Waals surface area (Å²) in [6.07, 6.45) is -1.10. The van der Waals surface area contributed by atoms with Gasteiger partial charge in [0.1, 0.15) is 11.9 Å². The number of anilines is 1. The molecule has 0 spiro atoms. The van der Waals surface area contributed by atoms with Gasteiger partial charge in [-0.25, -0.2) is 9.59 Å². The minimum atomic E-state index is -5.22. The predicted molar refractivity (Wildman–Crippen MR) is 109 cm³/mol. The Kier molecular flexibility index (Phi) is 10.2. The van der Waals surface area contributed by atoms with Gasteiger partial charge in [-0.2, -0.15) is 0 Å². The third-order valence-electron chi connectivity index (χ3n) is 5.47. The zero-order valence-electron chi connectivity index (χ0n) is 19.6. The molecule has 1 N–H and O–H groups in total. The van der Waals surface area contributed by atoms with Gasteiger partial charge < -0.3 is 38.4 Å². The first kappa shape index (κ1) is 30.0. The van der Waals surface area contributed by atoms with E-state index in [-0.39, 0.29) is 70.6 Å². The minimum absolute atomic E-state index is 0. The Balaban J connectivity index is 0.00000216. The number of pyridine rings is 1. The SMILES string of the molecule is C[C@H]1[C@H](COP(=O)([O-])[O-])OC(=O)N1c1ccc(-c2ccc([C@@H]3CN(C)C(=O)O3)nc2)cc1O.[Na+].[Na+]. The molecule has 4 rings (SSSR count). The van der Waals surface area contributed by atoms with Crippen LogP contribution in [-0.4, -0.2) is 59.5 Å². The van der Waals surface area contributed by atoms with Gasteiger partial charge in [0.2, 0.25) is 0 Å². The number of ether oxygens (including phenoxy) is 2. The third-order valence-corrected chi connectivity index (χ3v) is 5.94. The van der Waals surface area contributed by atoms with Gasteiger partial charge in [-0.05, 0) is 30.7 Å². The van der Waals surface area contributed by atoms with Crippen LogP contribution in [0.15, 0.2) is 36.5 Å². The van der Waals surface area contributed by atoms with Gasteiger partial charge in [0.15, 0.2) is 6.10 Å². The maximum atomic E-state index is 12.3. The molecule has 2 saturated heterocycles. The van der Waals surface area contributed by atoms with Gasteiger partial charge in [-0.1, -0.05) is 12.1 Å². The van der Waals surface area contributed by atoms with Crippen molar-refractivity contribution in [3.8, 4) is 16.9 Å². The molecule has 1 aromatic carbocycles. The zero-order valence-corrected chi connectivity index (χ0v) is 24.5. The van der Waals surface area contributed by atoms with Crippen molar-refractivity contribution in [2.45, 2.75) is 25.2 Å². The van der Waals surface area contributed by atoms with Crippen LogP contribution in [0.3, 0.4) is 0 Å². The molecule has 3 heterocycles. The maximum absolute atomic E-state index is 12.3. The van der Waals surface area contributed by atoms with Gasteiger partial charge >= 0.3 is 71.3 Å². The Hall–Kier alpha value is -1.18. The molecule has 35 heavy (non-hydrogen) atoms. The minimum Gasteiger partial charge on any atom is -0.790 e. The van der Waals surface area contributed by atoms with Crippen LogP contribution in [0.2, 0.25) is 0 Å². The number of phenols is 1. The Morgan fingerprint density at radius 1 is 1.14 bits per heavy atom. The van der Waals surface area contributed by atoms with E-state index < -0.39 is 44.9 Å². The summed E-state index contributed by atoms with van der Waals surface area (Å²) in [6.45, 7) is 1.36. The van der Waals surface area contributed by atoms with Gasteiger partial charge in [0, 0.05) is 18.8 Å². The Morgan fingerprint density at radius 3 is 2.37 bits per heavy atom. The summed E-state index contributed by atoms with van der Waals surface area (Å²) in [4.78, 5) is 52.2. The molecule has 2 aliphatic heterocycles. The molecule has 0 unspecified atom stereocenters. The summed E-state index contributed by atoms with van der Waals surface area (Å²) in [6, 6.07) is 7.43. The number of hydrogen-bond acceptors (Lipinski definition) is 10. The van der Waals surface area contributed by atoms with E-state index in [0.29, 0.717) is 23.4 Å². The maximum Gasteiger partial charge on any atom is 1.00 e. The molecule has 176 valence electrons. The number of rotatable bonds is 6. The van der Waals surface area contributed by atoms with Crippen molar-refractivity contribution in [2.75, 3.05) is 25.1 Å². The van der Waals surface area contributed by atoms with Crippen LogP contribution >= 0.6 is 7.82 Å². The standard InChI is InChI=1S/C20H22N3O9P.2Na/c1-11-18(10-30-33(27,28)29)32-20(26)23(11)15-6-4-12(7-16(15)24)13-3-5-14(21-8-13)17-9-22(2)19(25)31-17;;/h3-8,11,17-18,24H,9-10H2,1-2H3,(H2,27,28,29);;/q;2*+1/p-2/t11-,17-,18-;;/m0../s1. The number of aromatic hydroxyl groups is 1. The van der Waals surface area contributed by atoms with E-state index in [9.17, 15) is 29.0 Å². The van der Waals surface area contributed by atoms with Crippen molar-refractivity contribution >= 4 is 25.7 Å². The molecule has 2 aliphatic rings. The molecule has 2 amide bonds. The van der Waals surface area contributed by atoms with E-state index in [1.165, 1.54) is 17.0 Å². The topological polar surface area (TPSA) is 165 Å². The molecule has 0 radical (unpaired) electrons. The summed E-state index contributed by atoms with van der Waals surface area (Å²) in [5, 5.41) is 10.6. The second-order valence-corrected chi connectivity index (χ2v) is 8.86. The van der Waals surface area contributed by atoms with Crippen LogP contribution in [0.5, 0.6) is 5.75 Å². The number of likely N-dealkylation sites (N-methyl/N-ethyl adjacent to an activating group) is 1. The van der Waals surface area contributed by atoms with Crippen LogP contribution < -0.4 is 73.8 Å². The van der Waals surface area contributed by atoms with Crippen molar-refractivity contribution in [1.29, 1.82) is 0 Å². The van der Waals surface area contributed by atoms with Crippen molar-refractivity contribution in [3.05, 3.63) is 42.2 Å². The van der Waals surface area contributed by atoms with Crippen LogP contribution in [0.4, 0.5) is 15.3 Å². The summed E-state index contributed by atoms with van der Waals surface area (Å²) in [5.74, 6) is -0.216. The number of phosphoric ester groups is 1. The molecule has 0 saturated carbocycles. The number of aromatic nitrogens is 1. The number of phosphoric acid groups is 1. The fourth-order valence-electron chi connectivity index (χ4n) is 3.67. The van der Waals surface area contributed by atoms with Crippen LogP contribution in [0.1, 0.15) is 18.7 Å². The molecule has 15 heteroatoms. The molecule has 0 aliphatic carbocycles. The van der Waals surface area contributed by atoms with Crippen molar-refractivity contribution < 1.29 is 102 Å². The Bertz CT molecular complexity index is 1130. The first-order chi connectivity index (χ1) is 15.5. The number of benzene rings is 1. The van der Waals surface area contributed by atoms with Gasteiger partial charge in [0.25, 0.3) is 0 Å². The monoisotopic (exact) mass is 523 g/mol. The number of carbonyl (C=O) groups is 2. The molecular weight excluding hydrogens is 503 g/mol. The summed E-state index contributed by atoms with van der Waals surface area (Å²) < 4.78 is 25.3. The van der Waals surface area contributed by atoms with Crippen LogP contribution in [-0.2, 0) is 18.6 Å². The third kappa shape index (κ3) is 6.78. The number of nitrogens with zero attached hydrogens (tertiary/aromatic N) is 3. The predicted octanol–water partition coefficient (Wildman–Crippen LogP) is -4.86. The Labute approximate surface area is 245 Å². The van der Waals surface area contributed by atoms with Crippen molar-refractivity contribution in [3.63, 3.8) is 0 Å². The van der Waals surface area contributed by atoms with Crippen LogP contribution in [0.25, 0.3) is 11.1 Å². The average molecular weight is 523 g/mol. The van der Waals surface area contributed by atoms with Crippen LogP contribution in [0, 0.1) is 0 Å². The van der Waals surface area contributed by atoms with E-state index in [1.54, 1.807) is 38.4 Å². The summed E-state index contributed by atoms with van der Waals surface area (Å²) in [7, 11) is -3.58. The number of phenolic OH excluding ortho intramolecular Hbond substituents is 1. The summed E-state index contributed by atoms with van der Waals surface area (Å²) in [5.41, 5.74) is 2.05. The van der Waals surface area contributed by atoms with E-state index in [1.807, 2.05) is 0 Å². The summed E-state index contributed by atoms with van der Waals surface area (Å²) >= 11 is 0. The van der Waals surface area contributed by atoms with Gasteiger partial charge in [-0.3, -0.25) is 9.88 Å². The first-order valence-electron chi connectivity index (χ1n) is 9.91. The quantitative estimate of drug-likeness (QED) is 0.287. The normalized spacial score (nSPS) is 21.8. The van der Waals surface area contributed by atoms with Crippen molar-refractivity contribution in [1.82, 2.24) is 9.88 Å². The largest absolute Gasteiger partial charge is 1.00 e. The molecule has 0 bridgehead atoms. The second-order valence-electron chi connectivity index (χ2n) is 7.70. The molecule has 2 aromatic rings. The van der Waals surface area contributed by atoms with Gasteiger partial charge in [0.05, 0.1) is 38.4 Å². The van der Waals surface area contributed by atoms with Crippen molar-refractivity contribution in [2.24, 2.45) is 0 Å². The average Bonchev–Trinajstić information content (AvgIpc) is 3.24. The fourth-order valence-corrected chi connectivity index (χ4v) is 4.00. The fraction of sp³-hybridized carbons (Fsp3) is 0.350. The first-order valence-corrected chi connectivity index (χ1v) is 11.4. The van der Waals surface area contributed by atoms with E-state index in [4.69, 9.17) is 9.47 Å². The van der Waals surface area contributed by atoms with Gasteiger partial charge in [-0.15, -0.1) is 0 Å². The van der Waals surface area contributed by atoms with E-state index in [2.05, 4.69) is 9.51 Å². The number of cyclic esters (lactones) is 2. The van der Waals surface area contributed by atoms with E-state index in [0.717, 1.165) is 4.90 Å².